The van der Waals surface area contributed by atoms with Crippen molar-refractivity contribution in [3.8, 4) is 5.75 Å². The van der Waals surface area contributed by atoms with Gasteiger partial charge in [-0.05, 0) is 24.6 Å². The number of rotatable bonds is 4. The molecule has 1 aromatic carbocycles. The van der Waals surface area contributed by atoms with E-state index in [2.05, 4.69) is 0 Å². The predicted molar refractivity (Wildman–Crippen MR) is 57.1 cm³/mol. The van der Waals surface area contributed by atoms with Crippen LogP contribution in [0.2, 0.25) is 0 Å². The fraction of sp³-hybridized carbons (Fsp3) is 0.364. The highest BCUT2D eigenvalue weighted by Crippen LogP contribution is 2.26. The van der Waals surface area contributed by atoms with Crippen molar-refractivity contribution in [3.63, 3.8) is 0 Å². The van der Waals surface area contributed by atoms with Gasteiger partial charge < -0.3 is 15.6 Å². The molecular weight excluding hydrogens is 213 g/mol. The number of aliphatic carboxylic acids is 1. The standard InChI is InChI=1S/C11H14FNO3/c1-7(12)11(13,10(14)15)8-3-5-9(16-2)6-4-8/h3-7H,13H2,1-2H3,(H,14,15). The van der Waals surface area contributed by atoms with Crippen molar-refractivity contribution >= 4 is 5.97 Å². The Balaban J connectivity index is 3.17. The topological polar surface area (TPSA) is 72.5 Å². The lowest BCUT2D eigenvalue weighted by Crippen LogP contribution is -2.51. The minimum Gasteiger partial charge on any atom is -0.497 e. The molecule has 2 atom stereocenters. The lowest BCUT2D eigenvalue weighted by Gasteiger charge is -2.26. The molecule has 5 heteroatoms. The third kappa shape index (κ3) is 1.99. The van der Waals surface area contributed by atoms with Crippen LogP contribution in [0, 0.1) is 0 Å². The van der Waals surface area contributed by atoms with Gasteiger partial charge in [-0.15, -0.1) is 0 Å². The van der Waals surface area contributed by atoms with Crippen LogP contribution in [-0.4, -0.2) is 24.4 Å². The molecule has 1 aromatic rings. The average Bonchev–Trinajstić information content (AvgIpc) is 2.27. The fourth-order valence-electron chi connectivity index (χ4n) is 1.39. The molecule has 0 radical (unpaired) electrons. The van der Waals surface area contributed by atoms with Crippen molar-refractivity contribution in [1.29, 1.82) is 0 Å². The molecule has 0 saturated carbocycles. The quantitative estimate of drug-likeness (QED) is 0.813. The first-order valence-corrected chi connectivity index (χ1v) is 4.73. The first kappa shape index (κ1) is 12.4. The molecule has 0 aliphatic carbocycles. The third-order valence-corrected chi connectivity index (χ3v) is 2.55. The number of ether oxygens (including phenoxy) is 1. The molecule has 0 heterocycles. The number of carboxylic acid groups (broad SMARTS) is 1. The van der Waals surface area contributed by atoms with E-state index < -0.39 is 17.7 Å². The van der Waals surface area contributed by atoms with Gasteiger partial charge in [-0.1, -0.05) is 12.1 Å². The number of halogens is 1. The number of carboxylic acids is 1. The molecule has 88 valence electrons. The van der Waals surface area contributed by atoms with Gasteiger partial charge in [0.1, 0.15) is 11.9 Å². The summed E-state index contributed by atoms with van der Waals surface area (Å²) >= 11 is 0. The lowest BCUT2D eigenvalue weighted by atomic mass is 9.87. The van der Waals surface area contributed by atoms with Gasteiger partial charge in [-0.3, -0.25) is 0 Å². The van der Waals surface area contributed by atoms with E-state index in [4.69, 9.17) is 15.6 Å². The van der Waals surface area contributed by atoms with Crippen LogP contribution in [0.15, 0.2) is 24.3 Å². The van der Waals surface area contributed by atoms with Crippen LogP contribution in [0.5, 0.6) is 5.75 Å². The van der Waals surface area contributed by atoms with Crippen LogP contribution < -0.4 is 10.5 Å². The molecule has 4 nitrogen and oxygen atoms in total. The van der Waals surface area contributed by atoms with Gasteiger partial charge in [0.15, 0.2) is 5.54 Å². The SMILES string of the molecule is COc1ccc(C(N)(C(=O)O)C(C)F)cc1. The Morgan fingerprint density at radius 2 is 2.00 bits per heavy atom. The number of carbonyl (C=O) groups is 1. The van der Waals surface area contributed by atoms with Crippen molar-refractivity contribution in [2.75, 3.05) is 7.11 Å². The second-order valence-corrected chi connectivity index (χ2v) is 3.52. The van der Waals surface area contributed by atoms with Crippen molar-refractivity contribution in [2.24, 2.45) is 5.73 Å². The fourth-order valence-corrected chi connectivity index (χ4v) is 1.39. The minimum atomic E-state index is -2.02. The van der Waals surface area contributed by atoms with E-state index in [1.165, 1.54) is 19.2 Å². The highest BCUT2D eigenvalue weighted by molar-refractivity contribution is 5.81. The maximum absolute atomic E-state index is 13.3. The Hall–Kier alpha value is -1.62. The van der Waals surface area contributed by atoms with E-state index in [0.717, 1.165) is 6.92 Å². The maximum atomic E-state index is 13.3. The third-order valence-electron chi connectivity index (χ3n) is 2.55. The molecule has 0 fully saturated rings. The van der Waals surface area contributed by atoms with Gasteiger partial charge in [-0.25, -0.2) is 9.18 Å². The molecule has 16 heavy (non-hydrogen) atoms. The second-order valence-electron chi connectivity index (χ2n) is 3.52. The lowest BCUT2D eigenvalue weighted by molar-refractivity contribution is -0.146. The number of nitrogens with two attached hydrogens (primary N) is 1. The maximum Gasteiger partial charge on any atom is 0.331 e. The van der Waals surface area contributed by atoms with E-state index in [0.29, 0.717) is 5.75 Å². The normalized spacial score (nSPS) is 16.2. The van der Waals surface area contributed by atoms with Crippen LogP contribution in [0.25, 0.3) is 0 Å². The van der Waals surface area contributed by atoms with Crippen molar-refractivity contribution in [1.82, 2.24) is 0 Å². The summed E-state index contributed by atoms with van der Waals surface area (Å²) in [4.78, 5) is 11.0. The van der Waals surface area contributed by atoms with Gasteiger partial charge in [0, 0.05) is 0 Å². The number of alkyl halides is 1. The second kappa shape index (κ2) is 4.49. The first-order valence-electron chi connectivity index (χ1n) is 4.73. The van der Waals surface area contributed by atoms with Gasteiger partial charge >= 0.3 is 5.97 Å². The number of hydrogen-bond donors (Lipinski definition) is 2. The molecule has 0 spiro atoms. The molecule has 0 aliphatic rings. The smallest absolute Gasteiger partial charge is 0.331 e. The molecule has 0 amide bonds. The monoisotopic (exact) mass is 227 g/mol. The van der Waals surface area contributed by atoms with Crippen molar-refractivity contribution in [3.05, 3.63) is 29.8 Å². The van der Waals surface area contributed by atoms with E-state index in [1.807, 2.05) is 0 Å². The van der Waals surface area contributed by atoms with Gasteiger partial charge in [0.2, 0.25) is 0 Å². The average molecular weight is 227 g/mol. The molecule has 1 rings (SSSR count). The van der Waals surface area contributed by atoms with E-state index in [9.17, 15) is 9.18 Å². The zero-order valence-electron chi connectivity index (χ0n) is 9.11. The molecule has 0 aliphatic heterocycles. The highest BCUT2D eigenvalue weighted by Gasteiger charge is 2.42. The summed E-state index contributed by atoms with van der Waals surface area (Å²) in [6.45, 7) is 1.12. The summed E-state index contributed by atoms with van der Waals surface area (Å²) in [6, 6.07) is 5.98. The van der Waals surface area contributed by atoms with E-state index in [1.54, 1.807) is 12.1 Å². The van der Waals surface area contributed by atoms with Crippen LogP contribution >= 0.6 is 0 Å². The largest absolute Gasteiger partial charge is 0.497 e. The molecule has 0 aromatic heterocycles. The Kier molecular flexibility index (Phi) is 3.49. The zero-order chi connectivity index (χ0) is 12.3. The molecule has 3 N–H and O–H groups in total. The summed E-state index contributed by atoms with van der Waals surface area (Å²) in [5, 5.41) is 8.99. The Labute approximate surface area is 92.8 Å². The van der Waals surface area contributed by atoms with Gasteiger partial charge in [-0.2, -0.15) is 0 Å². The van der Waals surface area contributed by atoms with E-state index in [-0.39, 0.29) is 5.56 Å². The highest BCUT2D eigenvalue weighted by atomic mass is 19.1. The summed E-state index contributed by atoms with van der Waals surface area (Å²) in [7, 11) is 1.49. The predicted octanol–water partition coefficient (Wildman–Crippen LogP) is 1.29. The Morgan fingerprint density at radius 3 is 2.31 bits per heavy atom. The number of methoxy groups -OCH3 is 1. The molecule has 0 bridgehead atoms. The van der Waals surface area contributed by atoms with E-state index >= 15 is 0 Å². The number of benzene rings is 1. The van der Waals surface area contributed by atoms with Crippen LogP contribution in [0.4, 0.5) is 4.39 Å². The van der Waals surface area contributed by atoms with Crippen LogP contribution in [0.1, 0.15) is 12.5 Å². The summed E-state index contributed by atoms with van der Waals surface area (Å²) < 4.78 is 18.3. The molecule has 2 unspecified atom stereocenters. The van der Waals surface area contributed by atoms with Crippen LogP contribution in [-0.2, 0) is 10.3 Å². The number of hydrogen-bond acceptors (Lipinski definition) is 3. The van der Waals surface area contributed by atoms with Crippen molar-refractivity contribution < 1.29 is 19.0 Å². The summed E-state index contributed by atoms with van der Waals surface area (Å²) in [5.74, 6) is -0.837. The van der Waals surface area contributed by atoms with Crippen LogP contribution in [0.3, 0.4) is 0 Å². The molecule has 0 saturated heterocycles. The zero-order valence-corrected chi connectivity index (χ0v) is 9.11. The van der Waals surface area contributed by atoms with Crippen molar-refractivity contribution in [2.45, 2.75) is 18.6 Å². The first-order chi connectivity index (χ1) is 7.42. The minimum absolute atomic E-state index is 0.204. The Bertz CT molecular complexity index is 377. The summed E-state index contributed by atoms with van der Waals surface area (Å²) in [5.41, 5.74) is 3.76. The Morgan fingerprint density at radius 1 is 1.50 bits per heavy atom. The summed E-state index contributed by atoms with van der Waals surface area (Å²) in [6.07, 6.45) is -1.70. The van der Waals surface area contributed by atoms with Gasteiger partial charge in [0.25, 0.3) is 0 Å². The van der Waals surface area contributed by atoms with Gasteiger partial charge in [0.05, 0.1) is 7.11 Å². The molecular formula is C11H14FNO3.